The van der Waals surface area contributed by atoms with Crippen molar-refractivity contribution in [1.82, 2.24) is 4.98 Å². The maximum atomic E-state index is 13.5. The Hall–Kier alpha value is -2.60. The van der Waals surface area contributed by atoms with E-state index in [2.05, 4.69) is 4.98 Å². The topological polar surface area (TPSA) is 33.2 Å². The molecule has 0 N–H and O–H groups in total. The van der Waals surface area contributed by atoms with Gasteiger partial charge in [0.15, 0.2) is 11.6 Å². The number of anilines is 1. The molecule has 1 heterocycles. The second-order valence-corrected chi connectivity index (χ2v) is 6.75. The van der Waals surface area contributed by atoms with Crippen LogP contribution in [0.4, 0.5) is 14.5 Å². The summed E-state index contributed by atoms with van der Waals surface area (Å²) in [5.74, 6) is -2.09. The standard InChI is InChI=1S/C20H18F2N2OS/c1-2-24(16-8-9-17(21)18(22)12-16)20(25)11-15-13-26-19(23-15)10-14-6-4-3-5-7-14/h3-9,12-13H,2,10-11H2,1H3. The van der Waals surface area contributed by atoms with Gasteiger partial charge in [-0.15, -0.1) is 11.3 Å². The number of carbonyl (C=O) groups excluding carboxylic acids is 1. The summed E-state index contributed by atoms with van der Waals surface area (Å²) < 4.78 is 26.6. The molecule has 1 amide bonds. The van der Waals surface area contributed by atoms with Crippen molar-refractivity contribution in [3.63, 3.8) is 0 Å². The molecule has 134 valence electrons. The Morgan fingerprint density at radius 1 is 1.12 bits per heavy atom. The van der Waals surface area contributed by atoms with Crippen LogP contribution in [-0.2, 0) is 17.6 Å². The zero-order chi connectivity index (χ0) is 18.5. The van der Waals surface area contributed by atoms with Crippen LogP contribution in [0.15, 0.2) is 53.9 Å². The van der Waals surface area contributed by atoms with E-state index < -0.39 is 11.6 Å². The molecule has 0 aliphatic rings. The minimum atomic E-state index is -0.965. The number of nitrogens with zero attached hydrogens (tertiary/aromatic N) is 2. The fraction of sp³-hybridized carbons (Fsp3) is 0.200. The van der Waals surface area contributed by atoms with Gasteiger partial charge in [-0.3, -0.25) is 4.79 Å². The van der Waals surface area contributed by atoms with Gasteiger partial charge >= 0.3 is 0 Å². The summed E-state index contributed by atoms with van der Waals surface area (Å²) in [6.07, 6.45) is 0.846. The van der Waals surface area contributed by atoms with E-state index in [9.17, 15) is 13.6 Å². The van der Waals surface area contributed by atoms with Gasteiger partial charge in [-0.05, 0) is 24.6 Å². The molecular formula is C20H18F2N2OS. The molecule has 0 saturated heterocycles. The van der Waals surface area contributed by atoms with Gasteiger partial charge in [0.05, 0.1) is 17.1 Å². The van der Waals surface area contributed by atoms with Gasteiger partial charge in [-0.2, -0.15) is 0 Å². The number of likely N-dealkylation sites (N-methyl/N-ethyl adjacent to an activating group) is 1. The van der Waals surface area contributed by atoms with Crippen molar-refractivity contribution in [1.29, 1.82) is 0 Å². The Labute approximate surface area is 154 Å². The van der Waals surface area contributed by atoms with Crippen LogP contribution in [0.2, 0.25) is 0 Å². The molecular weight excluding hydrogens is 354 g/mol. The first-order chi connectivity index (χ1) is 12.6. The molecule has 6 heteroatoms. The Bertz CT molecular complexity index is 896. The summed E-state index contributed by atoms with van der Waals surface area (Å²) in [5.41, 5.74) is 2.19. The molecule has 0 aliphatic carbocycles. The third kappa shape index (κ3) is 4.32. The fourth-order valence-electron chi connectivity index (χ4n) is 2.69. The predicted octanol–water partition coefficient (Wildman–Crippen LogP) is 4.61. The second kappa shape index (κ2) is 8.19. The first-order valence-electron chi connectivity index (χ1n) is 8.29. The summed E-state index contributed by atoms with van der Waals surface area (Å²) in [4.78, 5) is 18.5. The molecule has 0 fully saturated rings. The van der Waals surface area contributed by atoms with Gasteiger partial charge in [-0.25, -0.2) is 13.8 Å². The van der Waals surface area contributed by atoms with Crippen LogP contribution < -0.4 is 4.90 Å². The molecule has 1 aromatic heterocycles. The van der Waals surface area contributed by atoms with Gasteiger partial charge in [0.25, 0.3) is 0 Å². The Morgan fingerprint density at radius 3 is 2.58 bits per heavy atom. The number of rotatable bonds is 6. The quantitative estimate of drug-likeness (QED) is 0.633. The smallest absolute Gasteiger partial charge is 0.233 e. The van der Waals surface area contributed by atoms with Crippen LogP contribution in [0.25, 0.3) is 0 Å². The van der Waals surface area contributed by atoms with Crippen molar-refractivity contribution in [3.8, 4) is 0 Å². The van der Waals surface area contributed by atoms with Crippen LogP contribution >= 0.6 is 11.3 Å². The highest BCUT2D eigenvalue weighted by Crippen LogP contribution is 2.20. The molecule has 0 saturated carbocycles. The van der Waals surface area contributed by atoms with Crippen LogP contribution in [0, 0.1) is 11.6 Å². The second-order valence-electron chi connectivity index (χ2n) is 5.81. The van der Waals surface area contributed by atoms with Crippen LogP contribution in [0.5, 0.6) is 0 Å². The first kappa shape index (κ1) is 18.2. The summed E-state index contributed by atoms with van der Waals surface area (Å²) in [5, 5.41) is 2.81. The predicted molar refractivity (Wildman–Crippen MR) is 99.5 cm³/mol. The van der Waals surface area contributed by atoms with E-state index >= 15 is 0 Å². The molecule has 0 bridgehead atoms. The lowest BCUT2D eigenvalue weighted by molar-refractivity contribution is -0.118. The van der Waals surface area contributed by atoms with Crippen molar-refractivity contribution in [2.75, 3.05) is 11.4 Å². The minimum Gasteiger partial charge on any atom is -0.312 e. The summed E-state index contributed by atoms with van der Waals surface area (Å²) in [6.45, 7) is 2.16. The fourth-order valence-corrected chi connectivity index (χ4v) is 3.52. The molecule has 0 unspecified atom stereocenters. The summed E-state index contributed by atoms with van der Waals surface area (Å²) >= 11 is 1.51. The number of halogens is 2. The minimum absolute atomic E-state index is 0.123. The van der Waals surface area contributed by atoms with Crippen molar-refractivity contribution in [2.45, 2.75) is 19.8 Å². The Kier molecular flexibility index (Phi) is 5.73. The van der Waals surface area contributed by atoms with Crippen LogP contribution in [0.1, 0.15) is 23.2 Å². The number of benzene rings is 2. The van der Waals surface area contributed by atoms with Gasteiger partial charge in [0, 0.05) is 30.1 Å². The highest BCUT2D eigenvalue weighted by atomic mass is 32.1. The number of thiazole rings is 1. The monoisotopic (exact) mass is 372 g/mol. The number of hydrogen-bond acceptors (Lipinski definition) is 3. The zero-order valence-corrected chi connectivity index (χ0v) is 15.1. The normalized spacial score (nSPS) is 10.7. The number of aromatic nitrogens is 1. The number of carbonyl (C=O) groups is 1. The highest BCUT2D eigenvalue weighted by Gasteiger charge is 2.17. The summed E-state index contributed by atoms with van der Waals surface area (Å²) in [6, 6.07) is 13.5. The van der Waals surface area contributed by atoms with E-state index in [0.29, 0.717) is 17.9 Å². The molecule has 3 nitrogen and oxygen atoms in total. The van der Waals surface area contributed by atoms with Crippen molar-refractivity contribution in [3.05, 3.63) is 81.8 Å². The van der Waals surface area contributed by atoms with Gasteiger partial charge in [-0.1, -0.05) is 30.3 Å². The maximum Gasteiger partial charge on any atom is 0.233 e. The van der Waals surface area contributed by atoms with Crippen LogP contribution in [-0.4, -0.2) is 17.4 Å². The van der Waals surface area contributed by atoms with Gasteiger partial charge < -0.3 is 4.90 Å². The highest BCUT2D eigenvalue weighted by molar-refractivity contribution is 7.09. The Morgan fingerprint density at radius 2 is 1.88 bits per heavy atom. The lowest BCUT2D eigenvalue weighted by Crippen LogP contribution is -2.32. The molecule has 0 radical (unpaired) electrons. The third-order valence-electron chi connectivity index (χ3n) is 3.96. The molecule has 3 rings (SSSR count). The van der Waals surface area contributed by atoms with Crippen LogP contribution in [0.3, 0.4) is 0 Å². The molecule has 0 aliphatic heterocycles. The molecule has 2 aromatic carbocycles. The summed E-state index contributed by atoms with van der Waals surface area (Å²) in [7, 11) is 0. The average Bonchev–Trinajstić information content (AvgIpc) is 3.06. The van der Waals surface area contributed by atoms with Crippen molar-refractivity contribution in [2.24, 2.45) is 0 Å². The van der Waals surface area contributed by atoms with Crippen molar-refractivity contribution >= 4 is 22.9 Å². The average molecular weight is 372 g/mol. The van der Waals surface area contributed by atoms with E-state index in [-0.39, 0.29) is 12.3 Å². The van der Waals surface area contributed by atoms with E-state index in [1.165, 1.54) is 22.3 Å². The van der Waals surface area contributed by atoms with Gasteiger partial charge in [0.2, 0.25) is 5.91 Å². The van der Waals surface area contributed by atoms with Crippen molar-refractivity contribution < 1.29 is 13.6 Å². The Balaban J connectivity index is 1.69. The molecule has 0 atom stereocenters. The first-order valence-corrected chi connectivity index (χ1v) is 9.17. The zero-order valence-electron chi connectivity index (χ0n) is 14.3. The largest absolute Gasteiger partial charge is 0.312 e. The lowest BCUT2D eigenvalue weighted by Gasteiger charge is -2.20. The number of amides is 1. The molecule has 3 aromatic rings. The molecule has 26 heavy (non-hydrogen) atoms. The number of hydrogen-bond donors (Lipinski definition) is 0. The van der Waals surface area contributed by atoms with Gasteiger partial charge in [0.1, 0.15) is 0 Å². The SMILES string of the molecule is CCN(C(=O)Cc1csc(Cc2ccccc2)n1)c1ccc(F)c(F)c1. The van der Waals surface area contributed by atoms with E-state index in [4.69, 9.17) is 0 Å². The van der Waals surface area contributed by atoms with E-state index in [1.54, 1.807) is 6.92 Å². The lowest BCUT2D eigenvalue weighted by atomic mass is 10.2. The van der Waals surface area contributed by atoms with E-state index in [0.717, 1.165) is 29.1 Å². The third-order valence-corrected chi connectivity index (χ3v) is 4.86. The molecule has 0 spiro atoms. The maximum absolute atomic E-state index is 13.5. The van der Waals surface area contributed by atoms with E-state index in [1.807, 2.05) is 35.7 Å².